The normalized spacial score (nSPS) is 29.8. The van der Waals surface area contributed by atoms with Gasteiger partial charge in [-0.05, 0) is 33.0 Å². The molecule has 0 aromatic heterocycles. The summed E-state index contributed by atoms with van der Waals surface area (Å²) in [5.74, 6) is 0. The van der Waals surface area contributed by atoms with Crippen molar-refractivity contribution >= 4 is 25.1 Å². The number of rotatable bonds is 4. The zero-order chi connectivity index (χ0) is 11.5. The standard InChI is InChI=1S/C10H21NO2SSi/c1-6-7-9-12-8(2)10(14-9)11-13-15(3,4)5/h8-9H,6-7H2,1-5H3/t8-,9-/m0/s1. The van der Waals surface area contributed by atoms with E-state index in [4.69, 9.17) is 9.26 Å². The zero-order valence-corrected chi connectivity index (χ0v) is 12.1. The van der Waals surface area contributed by atoms with Gasteiger partial charge in [0.25, 0.3) is 8.32 Å². The lowest BCUT2D eigenvalue weighted by atomic mass is 10.3. The topological polar surface area (TPSA) is 30.8 Å². The molecule has 1 fully saturated rings. The van der Waals surface area contributed by atoms with Gasteiger partial charge in [0.1, 0.15) is 16.6 Å². The summed E-state index contributed by atoms with van der Waals surface area (Å²) >= 11 is 1.71. The number of oxime groups is 1. The molecule has 5 heteroatoms. The number of ether oxygens (including phenoxy) is 1. The Hall–Kier alpha value is -0.00312. The summed E-state index contributed by atoms with van der Waals surface area (Å²) in [7, 11) is -1.55. The van der Waals surface area contributed by atoms with Crippen LogP contribution in [0, 0.1) is 0 Å². The fourth-order valence-electron chi connectivity index (χ4n) is 1.18. The molecule has 0 spiro atoms. The average Bonchev–Trinajstić information content (AvgIpc) is 2.42. The lowest BCUT2D eigenvalue weighted by molar-refractivity contribution is 0.0934. The molecule has 1 saturated heterocycles. The molecule has 0 unspecified atom stereocenters. The van der Waals surface area contributed by atoms with Gasteiger partial charge in [-0.2, -0.15) is 0 Å². The maximum absolute atomic E-state index is 5.75. The molecule has 0 aromatic carbocycles. The summed E-state index contributed by atoms with van der Waals surface area (Å²) in [6.45, 7) is 10.6. The van der Waals surface area contributed by atoms with E-state index in [1.54, 1.807) is 11.8 Å². The van der Waals surface area contributed by atoms with E-state index in [-0.39, 0.29) is 11.5 Å². The third-order valence-electron chi connectivity index (χ3n) is 1.89. The second-order valence-corrected chi connectivity index (χ2v) is 10.3. The highest BCUT2D eigenvalue weighted by Crippen LogP contribution is 2.31. The highest BCUT2D eigenvalue weighted by molar-refractivity contribution is 8.14. The van der Waals surface area contributed by atoms with Crippen LogP contribution >= 0.6 is 11.8 Å². The third kappa shape index (κ3) is 4.57. The molecule has 1 heterocycles. The molecular weight excluding hydrogens is 226 g/mol. The van der Waals surface area contributed by atoms with Crippen molar-refractivity contribution in [3.05, 3.63) is 0 Å². The summed E-state index contributed by atoms with van der Waals surface area (Å²) in [6, 6.07) is 0. The Morgan fingerprint density at radius 1 is 1.47 bits per heavy atom. The SMILES string of the molecule is CCC[C@H]1O[C@@H](C)C(=NO[Si](C)(C)C)S1. The Morgan fingerprint density at radius 2 is 2.13 bits per heavy atom. The van der Waals surface area contributed by atoms with Crippen LogP contribution in [0.5, 0.6) is 0 Å². The molecule has 0 bridgehead atoms. The first-order chi connectivity index (χ1) is 6.92. The van der Waals surface area contributed by atoms with E-state index < -0.39 is 8.32 Å². The molecule has 0 aliphatic carbocycles. The van der Waals surface area contributed by atoms with Crippen LogP contribution < -0.4 is 0 Å². The first-order valence-electron chi connectivity index (χ1n) is 5.50. The Morgan fingerprint density at radius 3 is 2.67 bits per heavy atom. The molecule has 1 rings (SSSR count). The predicted octanol–water partition coefficient (Wildman–Crippen LogP) is 3.43. The van der Waals surface area contributed by atoms with Gasteiger partial charge in [0.2, 0.25) is 0 Å². The van der Waals surface area contributed by atoms with Crippen molar-refractivity contribution in [1.82, 2.24) is 0 Å². The first-order valence-corrected chi connectivity index (χ1v) is 9.79. The van der Waals surface area contributed by atoms with E-state index in [0.29, 0.717) is 0 Å². The summed E-state index contributed by atoms with van der Waals surface area (Å²) in [5.41, 5.74) is 0.272. The number of thioether (sulfide) groups is 1. The van der Waals surface area contributed by atoms with Gasteiger partial charge in [0.15, 0.2) is 0 Å². The third-order valence-corrected chi connectivity index (χ3v) is 3.79. The van der Waals surface area contributed by atoms with Crippen LogP contribution in [0.4, 0.5) is 0 Å². The van der Waals surface area contributed by atoms with Gasteiger partial charge in [-0.15, -0.1) is 0 Å². The van der Waals surface area contributed by atoms with Crippen LogP contribution in [0.15, 0.2) is 5.16 Å². The van der Waals surface area contributed by atoms with Crippen LogP contribution in [-0.2, 0) is 9.26 Å². The van der Waals surface area contributed by atoms with Crippen LogP contribution in [0.2, 0.25) is 19.6 Å². The molecule has 88 valence electrons. The van der Waals surface area contributed by atoms with E-state index in [2.05, 4.69) is 31.7 Å². The van der Waals surface area contributed by atoms with E-state index in [9.17, 15) is 0 Å². The van der Waals surface area contributed by atoms with E-state index in [1.807, 2.05) is 6.92 Å². The van der Waals surface area contributed by atoms with E-state index in [1.165, 1.54) is 0 Å². The minimum Gasteiger partial charge on any atom is -0.455 e. The van der Waals surface area contributed by atoms with Gasteiger partial charge < -0.3 is 9.26 Å². The average molecular weight is 247 g/mol. The van der Waals surface area contributed by atoms with Crippen molar-refractivity contribution in [3.63, 3.8) is 0 Å². The number of hydrogen-bond acceptors (Lipinski definition) is 4. The van der Waals surface area contributed by atoms with Crippen LogP contribution in [0.1, 0.15) is 26.7 Å². The van der Waals surface area contributed by atoms with Gasteiger partial charge in [-0.1, -0.05) is 30.3 Å². The largest absolute Gasteiger partial charge is 0.455 e. The summed E-state index contributed by atoms with van der Waals surface area (Å²) in [5, 5.41) is 5.22. The van der Waals surface area contributed by atoms with Crippen molar-refractivity contribution in [1.29, 1.82) is 0 Å². The fraction of sp³-hybridized carbons (Fsp3) is 0.900. The minimum absolute atomic E-state index is 0.0999. The van der Waals surface area contributed by atoms with E-state index >= 15 is 0 Å². The second kappa shape index (κ2) is 5.36. The highest BCUT2D eigenvalue weighted by atomic mass is 32.2. The quantitative estimate of drug-likeness (QED) is 0.563. The van der Waals surface area contributed by atoms with Gasteiger partial charge >= 0.3 is 0 Å². The van der Waals surface area contributed by atoms with Crippen molar-refractivity contribution in [3.8, 4) is 0 Å². The number of hydrogen-bond donors (Lipinski definition) is 0. The lowest BCUT2D eigenvalue weighted by Gasteiger charge is -2.13. The zero-order valence-electron chi connectivity index (χ0n) is 10.2. The fourth-order valence-corrected chi connectivity index (χ4v) is 2.80. The monoisotopic (exact) mass is 247 g/mol. The molecule has 0 aromatic rings. The molecule has 3 nitrogen and oxygen atoms in total. The Balaban J connectivity index is 2.49. The second-order valence-electron chi connectivity index (χ2n) is 4.75. The predicted molar refractivity (Wildman–Crippen MR) is 68.7 cm³/mol. The molecule has 0 N–H and O–H groups in total. The maximum atomic E-state index is 5.75. The molecular formula is C10H21NO2SSi. The summed E-state index contributed by atoms with van der Waals surface area (Å²) < 4.78 is 11.3. The van der Waals surface area contributed by atoms with Crippen LogP contribution in [0.3, 0.4) is 0 Å². The molecule has 15 heavy (non-hydrogen) atoms. The summed E-state index contributed by atoms with van der Waals surface area (Å²) in [6.07, 6.45) is 2.33. The molecule has 2 atom stereocenters. The first kappa shape index (κ1) is 13.1. The molecule has 0 amide bonds. The molecule has 0 saturated carbocycles. The van der Waals surface area contributed by atoms with Crippen molar-refractivity contribution in [2.45, 2.75) is 57.9 Å². The van der Waals surface area contributed by atoms with Crippen molar-refractivity contribution in [2.75, 3.05) is 0 Å². The van der Waals surface area contributed by atoms with Gasteiger partial charge in [0.05, 0.1) is 0 Å². The van der Waals surface area contributed by atoms with E-state index in [0.717, 1.165) is 17.9 Å². The van der Waals surface area contributed by atoms with Crippen LogP contribution in [0.25, 0.3) is 0 Å². The van der Waals surface area contributed by atoms with Gasteiger partial charge in [-0.25, -0.2) is 0 Å². The van der Waals surface area contributed by atoms with Crippen LogP contribution in [-0.4, -0.2) is 24.9 Å². The van der Waals surface area contributed by atoms with Crippen molar-refractivity contribution < 1.29 is 9.26 Å². The smallest absolute Gasteiger partial charge is 0.278 e. The Kier molecular flexibility index (Phi) is 4.67. The molecule has 0 radical (unpaired) electrons. The minimum atomic E-state index is -1.55. The molecule has 1 aliphatic rings. The Labute approximate surface area is 97.7 Å². The van der Waals surface area contributed by atoms with Gasteiger partial charge in [0, 0.05) is 0 Å². The maximum Gasteiger partial charge on any atom is 0.278 e. The number of nitrogens with zero attached hydrogens (tertiary/aromatic N) is 1. The van der Waals surface area contributed by atoms with Crippen molar-refractivity contribution in [2.24, 2.45) is 5.16 Å². The van der Waals surface area contributed by atoms with Gasteiger partial charge in [-0.3, -0.25) is 0 Å². The highest BCUT2D eigenvalue weighted by Gasteiger charge is 2.30. The Bertz CT molecular complexity index is 240. The lowest BCUT2D eigenvalue weighted by Crippen LogP contribution is -2.23. The summed E-state index contributed by atoms with van der Waals surface area (Å²) in [4.78, 5) is 0. The molecule has 1 aliphatic heterocycles.